The van der Waals surface area contributed by atoms with Gasteiger partial charge in [-0.2, -0.15) is 0 Å². The van der Waals surface area contributed by atoms with E-state index in [-0.39, 0.29) is 5.41 Å². The van der Waals surface area contributed by atoms with Gasteiger partial charge in [0, 0.05) is 37.3 Å². The molecule has 1 aromatic carbocycles. The lowest BCUT2D eigenvalue weighted by Gasteiger charge is -2.47. The van der Waals surface area contributed by atoms with E-state index >= 15 is 0 Å². The molecule has 6 nitrogen and oxygen atoms in total. The molecule has 2 N–H and O–H groups in total. The van der Waals surface area contributed by atoms with Crippen LogP contribution in [0.2, 0.25) is 0 Å². The molecule has 182 valence electrons. The molecule has 1 aliphatic heterocycles. The number of pyridine rings is 1. The molecular weight excluding hydrogens is 426 g/mol. The first kappa shape index (κ1) is 23.3. The van der Waals surface area contributed by atoms with E-state index < -0.39 is 11.4 Å². The van der Waals surface area contributed by atoms with Crippen molar-refractivity contribution in [1.29, 1.82) is 0 Å². The largest absolute Gasteiger partial charge is 0.481 e. The lowest BCUT2D eigenvalue weighted by atomic mass is 9.67. The Morgan fingerprint density at radius 3 is 2.50 bits per heavy atom. The van der Waals surface area contributed by atoms with Gasteiger partial charge in [0.1, 0.15) is 0 Å². The van der Waals surface area contributed by atoms with Crippen LogP contribution in [0.4, 0.5) is 0 Å². The summed E-state index contributed by atoms with van der Waals surface area (Å²) < 4.78 is 5.24. The van der Waals surface area contributed by atoms with E-state index in [1.807, 2.05) is 12.3 Å². The van der Waals surface area contributed by atoms with Gasteiger partial charge in [0.05, 0.1) is 12.5 Å². The molecule has 34 heavy (non-hydrogen) atoms. The summed E-state index contributed by atoms with van der Waals surface area (Å²) in [6, 6.07) is 15.5. The van der Waals surface area contributed by atoms with E-state index in [9.17, 15) is 9.90 Å². The first-order valence-corrected chi connectivity index (χ1v) is 12.7. The van der Waals surface area contributed by atoms with Crippen molar-refractivity contribution >= 4 is 5.97 Å². The van der Waals surface area contributed by atoms with Crippen molar-refractivity contribution in [2.24, 2.45) is 10.8 Å². The number of ether oxygens (including phenoxy) is 1. The second kappa shape index (κ2) is 9.67. The zero-order valence-corrected chi connectivity index (χ0v) is 20.2. The highest BCUT2D eigenvalue weighted by molar-refractivity contribution is 5.76. The van der Waals surface area contributed by atoms with Crippen molar-refractivity contribution in [2.45, 2.75) is 56.9 Å². The summed E-state index contributed by atoms with van der Waals surface area (Å²) in [5, 5.41) is 13.7. The van der Waals surface area contributed by atoms with Crippen molar-refractivity contribution in [1.82, 2.24) is 15.2 Å². The molecule has 2 aromatic rings. The highest BCUT2D eigenvalue weighted by atomic mass is 16.5. The number of carbonyl (C=O) groups is 1. The average molecular weight is 464 g/mol. The van der Waals surface area contributed by atoms with Crippen LogP contribution >= 0.6 is 0 Å². The van der Waals surface area contributed by atoms with Crippen LogP contribution in [0.1, 0.15) is 55.6 Å². The molecule has 2 heterocycles. The van der Waals surface area contributed by atoms with Gasteiger partial charge in [-0.15, -0.1) is 0 Å². The Hall–Kier alpha value is -2.44. The Balaban J connectivity index is 1.23. The van der Waals surface area contributed by atoms with Crippen molar-refractivity contribution in [3.05, 3.63) is 59.8 Å². The van der Waals surface area contributed by atoms with Gasteiger partial charge in [0.25, 0.3) is 0 Å². The van der Waals surface area contributed by atoms with E-state index in [1.54, 1.807) is 7.11 Å². The Morgan fingerprint density at radius 2 is 1.91 bits per heavy atom. The molecule has 1 aromatic heterocycles. The Bertz CT molecular complexity index is 966. The number of methoxy groups -OCH3 is 1. The number of nitrogens with one attached hydrogen (secondary N) is 1. The molecule has 3 aliphatic rings. The smallest absolute Gasteiger partial charge is 0.310 e. The number of hydrogen-bond donors (Lipinski definition) is 2. The minimum Gasteiger partial charge on any atom is -0.481 e. The van der Waals surface area contributed by atoms with E-state index in [0.29, 0.717) is 24.4 Å². The van der Waals surface area contributed by atoms with Crippen LogP contribution in [0.3, 0.4) is 0 Å². The van der Waals surface area contributed by atoms with Crippen LogP contribution < -0.4 is 10.1 Å². The molecule has 2 aliphatic carbocycles. The van der Waals surface area contributed by atoms with Crippen LogP contribution in [-0.2, 0) is 11.2 Å². The summed E-state index contributed by atoms with van der Waals surface area (Å²) in [6.45, 7) is 3.62. The molecule has 1 saturated heterocycles. The Morgan fingerprint density at radius 1 is 1.15 bits per heavy atom. The number of carboxylic acid groups (broad SMARTS) is 1. The summed E-state index contributed by atoms with van der Waals surface area (Å²) in [5.41, 5.74) is 2.33. The third kappa shape index (κ3) is 4.98. The lowest BCUT2D eigenvalue weighted by Crippen LogP contribution is -2.52. The molecule has 2 atom stereocenters. The maximum absolute atomic E-state index is 11.9. The standard InChI is InChI=1S/C28H37N3O3/c1-34-25-9-8-21(18-29-25)17-27(19-30-24-16-23(24)22-6-3-2-4-7-22)12-14-31(15-13-27)20-28(26(32)33)10-5-11-28/h2-4,6-9,18,23-24,30H,5,10-17,19-20H2,1H3,(H,32,33)/t23?,24-/m1/s1. The van der Waals surface area contributed by atoms with Gasteiger partial charge in [-0.25, -0.2) is 4.98 Å². The SMILES string of the molecule is COc1ccc(CC2(CN[C@@H]3CC3c3ccccc3)CCN(CC3(C(=O)O)CCC3)CC2)cn1. The monoisotopic (exact) mass is 463 g/mol. The quantitative estimate of drug-likeness (QED) is 0.552. The number of carboxylic acids is 1. The fourth-order valence-electron chi connectivity index (χ4n) is 5.98. The van der Waals surface area contributed by atoms with Crippen LogP contribution in [0.15, 0.2) is 48.7 Å². The van der Waals surface area contributed by atoms with Gasteiger partial charge in [0.15, 0.2) is 0 Å². The minimum atomic E-state index is -0.609. The molecule has 5 rings (SSSR count). The average Bonchev–Trinajstić information content (AvgIpc) is 3.62. The summed E-state index contributed by atoms with van der Waals surface area (Å²) in [5.74, 6) is 0.658. The highest BCUT2D eigenvalue weighted by Crippen LogP contribution is 2.45. The van der Waals surface area contributed by atoms with E-state index in [1.165, 1.54) is 17.5 Å². The second-order valence-electron chi connectivity index (χ2n) is 10.8. The lowest BCUT2D eigenvalue weighted by molar-refractivity contribution is -0.156. The molecular formula is C28H37N3O3. The zero-order valence-electron chi connectivity index (χ0n) is 20.2. The molecule has 3 fully saturated rings. The molecule has 0 amide bonds. The number of aliphatic carboxylic acids is 1. The van der Waals surface area contributed by atoms with Crippen LogP contribution in [0, 0.1) is 10.8 Å². The van der Waals surface area contributed by atoms with Gasteiger partial charge in [-0.05, 0) is 68.2 Å². The highest BCUT2D eigenvalue weighted by Gasteiger charge is 2.47. The predicted molar refractivity (Wildman–Crippen MR) is 132 cm³/mol. The van der Waals surface area contributed by atoms with E-state index in [2.05, 4.69) is 51.6 Å². The van der Waals surface area contributed by atoms with Gasteiger partial charge in [-0.1, -0.05) is 42.8 Å². The minimum absolute atomic E-state index is 0.159. The fourth-order valence-corrected chi connectivity index (χ4v) is 5.98. The predicted octanol–water partition coefficient (Wildman–Crippen LogP) is 4.12. The van der Waals surface area contributed by atoms with Crippen molar-refractivity contribution in [2.75, 3.05) is 33.3 Å². The maximum atomic E-state index is 11.9. The first-order valence-electron chi connectivity index (χ1n) is 12.7. The first-order chi connectivity index (χ1) is 16.5. The Labute approximate surface area is 202 Å². The summed E-state index contributed by atoms with van der Waals surface area (Å²) in [4.78, 5) is 18.7. The van der Waals surface area contributed by atoms with Crippen molar-refractivity contribution in [3.8, 4) is 5.88 Å². The Kier molecular flexibility index (Phi) is 6.63. The number of likely N-dealkylation sites (tertiary alicyclic amines) is 1. The molecule has 0 bridgehead atoms. The van der Waals surface area contributed by atoms with Crippen LogP contribution in [0.5, 0.6) is 5.88 Å². The van der Waals surface area contributed by atoms with Crippen LogP contribution in [0.25, 0.3) is 0 Å². The zero-order chi connectivity index (χ0) is 23.6. The number of hydrogen-bond acceptors (Lipinski definition) is 5. The summed E-state index contributed by atoms with van der Waals surface area (Å²) in [7, 11) is 1.65. The number of benzene rings is 1. The molecule has 0 spiro atoms. The molecule has 0 radical (unpaired) electrons. The van der Waals surface area contributed by atoms with Gasteiger partial charge in [-0.3, -0.25) is 4.79 Å². The summed E-state index contributed by atoms with van der Waals surface area (Å²) >= 11 is 0. The van der Waals surface area contributed by atoms with Gasteiger partial charge < -0.3 is 20.1 Å². The fraction of sp³-hybridized carbons (Fsp3) is 0.571. The number of piperidine rings is 1. The van der Waals surface area contributed by atoms with Gasteiger partial charge in [0.2, 0.25) is 5.88 Å². The van der Waals surface area contributed by atoms with E-state index in [4.69, 9.17) is 4.74 Å². The molecule has 1 unspecified atom stereocenters. The topological polar surface area (TPSA) is 74.7 Å². The maximum Gasteiger partial charge on any atom is 0.310 e. The molecule has 2 saturated carbocycles. The van der Waals surface area contributed by atoms with Crippen molar-refractivity contribution < 1.29 is 14.6 Å². The van der Waals surface area contributed by atoms with Crippen molar-refractivity contribution in [3.63, 3.8) is 0 Å². The third-order valence-corrected chi connectivity index (χ3v) is 8.55. The number of aromatic nitrogens is 1. The second-order valence-corrected chi connectivity index (χ2v) is 10.8. The van der Waals surface area contributed by atoms with E-state index in [0.717, 1.165) is 58.2 Å². The summed E-state index contributed by atoms with van der Waals surface area (Å²) in [6.07, 6.45) is 8.98. The van der Waals surface area contributed by atoms with Crippen LogP contribution in [-0.4, -0.2) is 60.3 Å². The number of nitrogens with zero attached hydrogens (tertiary/aromatic N) is 2. The normalized spacial score (nSPS) is 25.3. The number of rotatable bonds is 10. The molecule has 6 heteroatoms. The van der Waals surface area contributed by atoms with Gasteiger partial charge >= 0.3 is 5.97 Å². The third-order valence-electron chi connectivity index (χ3n) is 8.55.